The molecular formula is C26H28Cl2N2O4S. The van der Waals surface area contributed by atoms with Crippen LogP contribution in [-0.4, -0.2) is 34.0 Å². The average Bonchev–Trinajstić information content (AvgIpc) is 2.82. The summed E-state index contributed by atoms with van der Waals surface area (Å²) in [6.07, 6.45) is 0. The summed E-state index contributed by atoms with van der Waals surface area (Å²) in [6, 6.07) is 18.6. The van der Waals surface area contributed by atoms with E-state index in [1.54, 1.807) is 12.1 Å². The van der Waals surface area contributed by atoms with Gasteiger partial charge >= 0.3 is 0 Å². The first kappa shape index (κ1) is 26.9. The van der Waals surface area contributed by atoms with Gasteiger partial charge in [0, 0.05) is 0 Å². The molecule has 0 aliphatic heterocycles. The fourth-order valence-electron chi connectivity index (χ4n) is 3.42. The van der Waals surface area contributed by atoms with Gasteiger partial charge in [-0.25, -0.2) is 8.42 Å². The van der Waals surface area contributed by atoms with Crippen LogP contribution in [0.1, 0.15) is 30.9 Å². The van der Waals surface area contributed by atoms with Gasteiger partial charge in [0.1, 0.15) is 18.9 Å². The molecule has 1 amide bonds. The number of amides is 1. The third kappa shape index (κ3) is 6.90. The second-order valence-corrected chi connectivity index (χ2v) is 11.0. The molecule has 0 atom stereocenters. The molecule has 186 valence electrons. The van der Waals surface area contributed by atoms with Crippen LogP contribution < -0.4 is 14.4 Å². The maximum Gasteiger partial charge on any atom is 0.264 e. The van der Waals surface area contributed by atoms with Gasteiger partial charge in [-0.15, -0.1) is 0 Å². The van der Waals surface area contributed by atoms with E-state index in [4.69, 9.17) is 27.9 Å². The van der Waals surface area contributed by atoms with E-state index in [1.165, 1.54) is 30.3 Å². The van der Waals surface area contributed by atoms with Crippen LogP contribution in [0.4, 0.5) is 5.69 Å². The molecule has 6 nitrogen and oxygen atoms in total. The number of sulfonamides is 1. The fourth-order valence-corrected chi connectivity index (χ4v) is 5.12. The summed E-state index contributed by atoms with van der Waals surface area (Å²) in [4.78, 5) is 12.8. The monoisotopic (exact) mass is 534 g/mol. The van der Waals surface area contributed by atoms with E-state index in [1.807, 2.05) is 31.2 Å². The van der Waals surface area contributed by atoms with Crippen LogP contribution in [0.25, 0.3) is 0 Å². The van der Waals surface area contributed by atoms with Crippen LogP contribution in [0.3, 0.4) is 0 Å². The zero-order chi connectivity index (χ0) is 25.6. The SMILES string of the molecule is Cc1ccc(S(=O)(=O)N(CC(=O)NCCOc2ccccc2C(C)C)c2ccc(Cl)c(Cl)c2)cc1. The lowest BCUT2D eigenvalue weighted by Gasteiger charge is -2.24. The molecule has 0 aliphatic rings. The van der Waals surface area contributed by atoms with Crippen molar-refractivity contribution in [3.05, 3.63) is 87.9 Å². The molecule has 3 aromatic rings. The Bertz CT molecular complexity index is 1280. The number of ether oxygens (including phenoxy) is 1. The van der Waals surface area contributed by atoms with E-state index in [2.05, 4.69) is 19.2 Å². The normalized spacial score (nSPS) is 11.4. The third-order valence-electron chi connectivity index (χ3n) is 5.31. The molecule has 0 bridgehead atoms. The molecule has 0 spiro atoms. The van der Waals surface area contributed by atoms with Gasteiger partial charge in [0.05, 0.1) is 27.2 Å². The van der Waals surface area contributed by atoms with Crippen molar-refractivity contribution in [2.75, 3.05) is 24.0 Å². The van der Waals surface area contributed by atoms with Crippen molar-refractivity contribution in [3.63, 3.8) is 0 Å². The Morgan fingerprint density at radius 1 is 1.00 bits per heavy atom. The number of anilines is 1. The Labute approximate surface area is 216 Å². The number of para-hydroxylation sites is 1. The Hall–Kier alpha value is -2.74. The highest BCUT2D eigenvalue weighted by Gasteiger charge is 2.27. The predicted octanol–water partition coefficient (Wildman–Crippen LogP) is 5.82. The Kier molecular flexibility index (Phi) is 9.05. The van der Waals surface area contributed by atoms with Gasteiger partial charge in [-0.3, -0.25) is 9.10 Å². The summed E-state index contributed by atoms with van der Waals surface area (Å²) in [6.45, 7) is 6.04. The minimum absolute atomic E-state index is 0.0654. The van der Waals surface area contributed by atoms with Crippen molar-refractivity contribution < 1.29 is 17.9 Å². The number of hydrogen-bond donors (Lipinski definition) is 1. The number of hydrogen-bond acceptors (Lipinski definition) is 4. The minimum Gasteiger partial charge on any atom is -0.491 e. The summed E-state index contributed by atoms with van der Waals surface area (Å²) in [5.74, 6) is 0.580. The van der Waals surface area contributed by atoms with E-state index < -0.39 is 22.5 Å². The highest BCUT2D eigenvalue weighted by Crippen LogP contribution is 2.30. The first-order chi connectivity index (χ1) is 16.6. The van der Waals surface area contributed by atoms with Gasteiger partial charge in [-0.1, -0.05) is 72.9 Å². The Balaban J connectivity index is 1.73. The average molecular weight is 535 g/mol. The molecule has 9 heteroatoms. The summed E-state index contributed by atoms with van der Waals surface area (Å²) >= 11 is 12.1. The van der Waals surface area contributed by atoms with Crippen molar-refractivity contribution in [3.8, 4) is 5.75 Å². The molecule has 3 aromatic carbocycles. The van der Waals surface area contributed by atoms with Crippen LogP contribution in [0.5, 0.6) is 5.75 Å². The van der Waals surface area contributed by atoms with Gasteiger partial charge in [0.2, 0.25) is 5.91 Å². The molecule has 0 fully saturated rings. The van der Waals surface area contributed by atoms with Crippen molar-refractivity contribution in [2.45, 2.75) is 31.6 Å². The van der Waals surface area contributed by atoms with Gasteiger partial charge < -0.3 is 10.1 Å². The Morgan fingerprint density at radius 3 is 2.34 bits per heavy atom. The summed E-state index contributed by atoms with van der Waals surface area (Å²) in [5.41, 5.74) is 2.23. The summed E-state index contributed by atoms with van der Waals surface area (Å²) in [7, 11) is -4.04. The molecule has 1 N–H and O–H groups in total. The molecule has 0 heterocycles. The third-order valence-corrected chi connectivity index (χ3v) is 7.84. The molecule has 0 radical (unpaired) electrons. The smallest absolute Gasteiger partial charge is 0.264 e. The second kappa shape index (κ2) is 11.8. The van der Waals surface area contributed by atoms with Crippen molar-refractivity contribution >= 4 is 44.8 Å². The number of aryl methyl sites for hydroxylation is 1. The van der Waals surface area contributed by atoms with Crippen LogP contribution >= 0.6 is 23.2 Å². The summed E-state index contributed by atoms with van der Waals surface area (Å²) in [5, 5.41) is 3.20. The maximum atomic E-state index is 13.4. The largest absolute Gasteiger partial charge is 0.491 e. The molecular weight excluding hydrogens is 507 g/mol. The van der Waals surface area contributed by atoms with Gasteiger partial charge in [0.15, 0.2) is 0 Å². The van der Waals surface area contributed by atoms with Crippen molar-refractivity contribution in [2.24, 2.45) is 0 Å². The number of carbonyl (C=O) groups is 1. The zero-order valence-electron chi connectivity index (χ0n) is 19.8. The number of rotatable bonds is 10. The molecule has 35 heavy (non-hydrogen) atoms. The number of halogens is 2. The molecule has 0 saturated carbocycles. The predicted molar refractivity (Wildman–Crippen MR) is 141 cm³/mol. The number of nitrogens with zero attached hydrogens (tertiary/aromatic N) is 1. The highest BCUT2D eigenvalue weighted by atomic mass is 35.5. The van der Waals surface area contributed by atoms with Crippen LogP contribution in [0, 0.1) is 6.92 Å². The number of nitrogens with one attached hydrogen (secondary N) is 1. The first-order valence-corrected chi connectivity index (χ1v) is 13.3. The molecule has 3 rings (SSSR count). The lowest BCUT2D eigenvalue weighted by molar-refractivity contribution is -0.119. The number of carbonyl (C=O) groups excluding carboxylic acids is 1. The lowest BCUT2D eigenvalue weighted by Crippen LogP contribution is -2.42. The lowest BCUT2D eigenvalue weighted by atomic mass is 10.0. The van der Waals surface area contributed by atoms with Gasteiger partial charge in [-0.2, -0.15) is 0 Å². The van der Waals surface area contributed by atoms with E-state index in [0.717, 1.165) is 21.2 Å². The van der Waals surface area contributed by atoms with Gasteiger partial charge in [0.25, 0.3) is 10.0 Å². The van der Waals surface area contributed by atoms with Crippen LogP contribution in [0.15, 0.2) is 71.6 Å². The Morgan fingerprint density at radius 2 is 1.69 bits per heavy atom. The van der Waals surface area contributed by atoms with Crippen LogP contribution in [0.2, 0.25) is 10.0 Å². The molecule has 0 aromatic heterocycles. The van der Waals surface area contributed by atoms with Gasteiger partial charge in [-0.05, 0) is 54.8 Å². The molecule has 0 aliphatic carbocycles. The minimum atomic E-state index is -4.04. The van der Waals surface area contributed by atoms with Crippen molar-refractivity contribution in [1.29, 1.82) is 0 Å². The number of benzene rings is 3. The standard InChI is InChI=1S/C26H28Cl2N2O4S/c1-18(2)22-6-4-5-7-25(22)34-15-14-29-26(31)17-30(20-10-13-23(27)24(28)16-20)35(32,33)21-11-8-19(3)9-12-21/h4-13,16,18H,14-15,17H2,1-3H3,(H,29,31). The topological polar surface area (TPSA) is 75.7 Å². The fraction of sp³-hybridized carbons (Fsp3) is 0.269. The second-order valence-electron chi connectivity index (χ2n) is 8.31. The highest BCUT2D eigenvalue weighted by molar-refractivity contribution is 7.92. The van der Waals surface area contributed by atoms with Crippen LogP contribution in [-0.2, 0) is 14.8 Å². The molecule has 0 saturated heterocycles. The maximum absolute atomic E-state index is 13.4. The van der Waals surface area contributed by atoms with E-state index in [9.17, 15) is 13.2 Å². The summed E-state index contributed by atoms with van der Waals surface area (Å²) < 4.78 is 33.7. The van der Waals surface area contributed by atoms with E-state index >= 15 is 0 Å². The van der Waals surface area contributed by atoms with Crippen molar-refractivity contribution in [1.82, 2.24) is 5.32 Å². The van der Waals surface area contributed by atoms with E-state index in [0.29, 0.717) is 5.92 Å². The quantitative estimate of drug-likeness (QED) is 0.332. The zero-order valence-corrected chi connectivity index (χ0v) is 22.1. The van der Waals surface area contributed by atoms with E-state index in [-0.39, 0.29) is 33.8 Å². The molecule has 0 unspecified atom stereocenters. The first-order valence-electron chi connectivity index (χ1n) is 11.1.